The van der Waals surface area contributed by atoms with Crippen molar-refractivity contribution >= 4 is 41.8 Å². The number of aryl methyl sites for hydroxylation is 2. The number of aromatic nitrogens is 4. The van der Waals surface area contributed by atoms with Crippen LogP contribution < -0.4 is 5.32 Å². The molecule has 1 N–H and O–H groups in total. The summed E-state index contributed by atoms with van der Waals surface area (Å²) in [5.74, 6) is 1.87. The molecule has 3 heterocycles. The zero-order valence-electron chi connectivity index (χ0n) is 15.3. The lowest BCUT2D eigenvalue weighted by Gasteiger charge is -2.36. The molecule has 146 valence electrons. The first-order valence-corrected chi connectivity index (χ1v) is 8.54. The number of hydrogen-bond acceptors (Lipinski definition) is 4. The number of imidazole rings is 2. The van der Waals surface area contributed by atoms with Gasteiger partial charge in [-0.15, -0.1) is 24.8 Å². The Bertz CT molecular complexity index is 922. The lowest BCUT2D eigenvalue weighted by molar-refractivity contribution is -0.135. The van der Waals surface area contributed by atoms with E-state index in [1.54, 1.807) is 6.20 Å². The number of rotatable bonds is 3. The molecule has 0 bridgehead atoms. The fourth-order valence-corrected chi connectivity index (χ4v) is 3.55. The van der Waals surface area contributed by atoms with E-state index in [4.69, 9.17) is 0 Å². The summed E-state index contributed by atoms with van der Waals surface area (Å²) in [6.07, 6.45) is 3.69. The number of carbonyl (C=O) groups is 1. The van der Waals surface area contributed by atoms with Crippen molar-refractivity contribution in [3.63, 3.8) is 0 Å². The summed E-state index contributed by atoms with van der Waals surface area (Å²) >= 11 is 0. The third kappa shape index (κ3) is 3.95. The number of carbonyl (C=O) groups excluding carboxylic acids is 1. The van der Waals surface area contributed by atoms with Gasteiger partial charge < -0.3 is 19.4 Å². The molecule has 0 radical (unpaired) electrons. The summed E-state index contributed by atoms with van der Waals surface area (Å²) in [7, 11) is 1.97. The maximum atomic E-state index is 13.1. The van der Waals surface area contributed by atoms with Crippen molar-refractivity contribution in [2.24, 2.45) is 7.05 Å². The van der Waals surface area contributed by atoms with Crippen molar-refractivity contribution in [3.8, 4) is 0 Å². The van der Waals surface area contributed by atoms with Crippen LogP contribution in [0, 0.1) is 6.92 Å². The van der Waals surface area contributed by atoms with E-state index in [1.165, 1.54) is 0 Å². The largest absolute Gasteiger partial charge is 0.336 e. The zero-order chi connectivity index (χ0) is 17.4. The van der Waals surface area contributed by atoms with Crippen molar-refractivity contribution in [2.45, 2.75) is 19.5 Å². The molecule has 1 aromatic carbocycles. The van der Waals surface area contributed by atoms with E-state index < -0.39 is 0 Å². The highest BCUT2D eigenvalue weighted by Crippen LogP contribution is 2.22. The Hall–Kier alpha value is -2.09. The van der Waals surface area contributed by atoms with Gasteiger partial charge in [0, 0.05) is 39.1 Å². The van der Waals surface area contributed by atoms with E-state index in [-0.39, 0.29) is 36.8 Å². The van der Waals surface area contributed by atoms with Crippen molar-refractivity contribution in [2.75, 3.05) is 19.6 Å². The minimum absolute atomic E-state index is 0. The Balaban J connectivity index is 0.00000131. The molecule has 7 nitrogen and oxygen atoms in total. The Kier molecular flexibility index (Phi) is 6.86. The first kappa shape index (κ1) is 21.2. The molecule has 4 rings (SSSR count). The molecule has 1 fully saturated rings. The number of piperazine rings is 1. The second kappa shape index (κ2) is 8.73. The van der Waals surface area contributed by atoms with Crippen LogP contribution in [0.5, 0.6) is 0 Å². The van der Waals surface area contributed by atoms with Gasteiger partial charge >= 0.3 is 0 Å². The van der Waals surface area contributed by atoms with E-state index in [2.05, 4.69) is 15.3 Å². The summed E-state index contributed by atoms with van der Waals surface area (Å²) in [4.78, 5) is 24.0. The molecule has 9 heteroatoms. The number of halogens is 2. The highest BCUT2D eigenvalue weighted by atomic mass is 35.5. The number of para-hydroxylation sites is 2. The van der Waals surface area contributed by atoms with E-state index >= 15 is 0 Å². The van der Waals surface area contributed by atoms with Gasteiger partial charge in [0.25, 0.3) is 0 Å². The van der Waals surface area contributed by atoms with Crippen molar-refractivity contribution in [1.82, 2.24) is 29.3 Å². The standard InChI is InChI=1S/C18H22N6O.2ClH/c1-13-21-14-5-3-4-6-15(14)24(13)12-17(25)23-10-7-19-11-16(23)18-20-8-9-22(18)2;;/h3-6,8-9,16,19H,7,10-12H2,1-2H3;2*1H. The molecule has 3 aromatic rings. The number of amides is 1. The summed E-state index contributed by atoms with van der Waals surface area (Å²) in [5.41, 5.74) is 1.92. The van der Waals surface area contributed by atoms with Crippen LogP contribution in [0.4, 0.5) is 0 Å². The van der Waals surface area contributed by atoms with Gasteiger partial charge in [0.1, 0.15) is 24.2 Å². The Morgan fingerprint density at radius 1 is 1.30 bits per heavy atom. The van der Waals surface area contributed by atoms with Crippen LogP contribution in [-0.4, -0.2) is 49.5 Å². The smallest absolute Gasteiger partial charge is 0.243 e. The highest BCUT2D eigenvalue weighted by Gasteiger charge is 2.30. The molecular formula is C18H24Cl2N6O. The van der Waals surface area contributed by atoms with Crippen molar-refractivity contribution in [1.29, 1.82) is 0 Å². The maximum Gasteiger partial charge on any atom is 0.243 e. The summed E-state index contributed by atoms with van der Waals surface area (Å²) < 4.78 is 3.98. The molecule has 1 saturated heterocycles. The number of fused-ring (bicyclic) bond motifs is 1. The fraction of sp³-hybridized carbons (Fsp3) is 0.389. The third-order valence-corrected chi connectivity index (χ3v) is 4.86. The molecule has 0 saturated carbocycles. The van der Waals surface area contributed by atoms with Crippen molar-refractivity contribution < 1.29 is 4.79 Å². The molecule has 1 amide bonds. The van der Waals surface area contributed by atoms with Crippen LogP contribution in [0.1, 0.15) is 17.7 Å². The summed E-state index contributed by atoms with van der Waals surface area (Å²) in [6, 6.07) is 7.89. The van der Waals surface area contributed by atoms with Gasteiger partial charge in [0.2, 0.25) is 5.91 Å². The average molecular weight is 411 g/mol. The van der Waals surface area contributed by atoms with Crippen LogP contribution in [0.2, 0.25) is 0 Å². The lowest BCUT2D eigenvalue weighted by atomic mass is 10.1. The third-order valence-electron chi connectivity index (χ3n) is 4.86. The highest BCUT2D eigenvalue weighted by molar-refractivity contribution is 5.85. The van der Waals surface area contributed by atoms with Gasteiger partial charge in [-0.1, -0.05) is 12.1 Å². The SMILES string of the molecule is Cc1nc2ccccc2n1CC(=O)N1CCNCC1c1nccn1C.Cl.Cl. The van der Waals surface area contributed by atoms with Gasteiger partial charge in [-0.05, 0) is 19.1 Å². The topological polar surface area (TPSA) is 68.0 Å². The predicted octanol–water partition coefficient (Wildman–Crippen LogP) is 2.09. The summed E-state index contributed by atoms with van der Waals surface area (Å²) in [6.45, 7) is 4.45. The van der Waals surface area contributed by atoms with E-state index in [0.29, 0.717) is 13.1 Å². The Labute approximate surface area is 170 Å². The summed E-state index contributed by atoms with van der Waals surface area (Å²) in [5, 5.41) is 3.37. The van der Waals surface area contributed by atoms with Crippen LogP contribution in [0.3, 0.4) is 0 Å². The molecule has 2 aromatic heterocycles. The second-order valence-electron chi connectivity index (χ2n) is 6.44. The van der Waals surface area contributed by atoms with Crippen LogP contribution in [0.15, 0.2) is 36.7 Å². The average Bonchev–Trinajstić information content (AvgIpc) is 3.18. The normalized spacial score (nSPS) is 16.7. The minimum Gasteiger partial charge on any atom is -0.336 e. The van der Waals surface area contributed by atoms with Gasteiger partial charge in [0.05, 0.1) is 11.0 Å². The van der Waals surface area contributed by atoms with Crippen molar-refractivity contribution in [3.05, 3.63) is 48.3 Å². The number of benzene rings is 1. The van der Waals surface area contributed by atoms with Gasteiger partial charge in [0.15, 0.2) is 0 Å². The van der Waals surface area contributed by atoms with Gasteiger partial charge in [-0.3, -0.25) is 4.79 Å². The molecule has 1 aliphatic rings. The number of nitrogens with one attached hydrogen (secondary N) is 1. The van der Waals surface area contributed by atoms with Gasteiger partial charge in [-0.25, -0.2) is 9.97 Å². The fourth-order valence-electron chi connectivity index (χ4n) is 3.55. The molecule has 0 spiro atoms. The van der Waals surface area contributed by atoms with Crippen LogP contribution >= 0.6 is 24.8 Å². The Morgan fingerprint density at radius 3 is 2.81 bits per heavy atom. The lowest BCUT2D eigenvalue weighted by Crippen LogP contribution is -2.50. The molecular weight excluding hydrogens is 387 g/mol. The van der Waals surface area contributed by atoms with Crippen LogP contribution in [-0.2, 0) is 18.4 Å². The predicted molar refractivity (Wildman–Crippen MR) is 109 cm³/mol. The molecule has 27 heavy (non-hydrogen) atoms. The molecule has 1 atom stereocenters. The molecule has 1 unspecified atom stereocenters. The number of nitrogens with zero attached hydrogens (tertiary/aromatic N) is 5. The Morgan fingerprint density at radius 2 is 2.07 bits per heavy atom. The molecule has 0 aliphatic carbocycles. The first-order valence-electron chi connectivity index (χ1n) is 8.54. The molecule has 1 aliphatic heterocycles. The maximum absolute atomic E-state index is 13.1. The second-order valence-corrected chi connectivity index (χ2v) is 6.44. The first-order chi connectivity index (χ1) is 12.1. The van der Waals surface area contributed by atoms with E-state index in [1.807, 2.05) is 58.5 Å². The monoisotopic (exact) mass is 410 g/mol. The number of hydrogen-bond donors (Lipinski definition) is 1. The van der Waals surface area contributed by atoms with Gasteiger partial charge in [-0.2, -0.15) is 0 Å². The zero-order valence-corrected chi connectivity index (χ0v) is 17.0. The van der Waals surface area contributed by atoms with E-state index in [9.17, 15) is 4.79 Å². The quantitative estimate of drug-likeness (QED) is 0.717. The van der Waals surface area contributed by atoms with E-state index in [0.717, 1.165) is 35.8 Å². The van der Waals surface area contributed by atoms with Crippen LogP contribution in [0.25, 0.3) is 11.0 Å². The minimum atomic E-state index is -0.0451.